The number of benzene rings is 2. The van der Waals surface area contributed by atoms with Gasteiger partial charge in [0, 0.05) is 24.2 Å². The molecule has 3 aromatic rings. The summed E-state index contributed by atoms with van der Waals surface area (Å²) in [6.07, 6.45) is 2.94. The first-order valence-electron chi connectivity index (χ1n) is 9.30. The maximum absolute atomic E-state index is 12.7. The van der Waals surface area contributed by atoms with E-state index >= 15 is 0 Å². The van der Waals surface area contributed by atoms with Crippen molar-refractivity contribution in [1.82, 2.24) is 9.55 Å². The average molecular weight is 362 g/mol. The van der Waals surface area contributed by atoms with Crippen LogP contribution in [0.25, 0.3) is 0 Å². The Bertz CT molecular complexity index is 915. The second-order valence-electron chi connectivity index (χ2n) is 7.05. The van der Waals surface area contributed by atoms with Crippen LogP contribution in [0.2, 0.25) is 0 Å². The van der Waals surface area contributed by atoms with Gasteiger partial charge >= 0.3 is 6.09 Å². The van der Waals surface area contributed by atoms with Crippen molar-refractivity contribution in [3.8, 4) is 0 Å². The maximum Gasteiger partial charge on any atom is 0.419 e. The molecule has 4 heteroatoms. The minimum atomic E-state index is -0.387. The SMILES string of the molecule is Cc1cccc([C@H](C)c2nccn2C(=O)OC[C@H](C)c2ccccc2)c1C. The Balaban J connectivity index is 1.74. The summed E-state index contributed by atoms with van der Waals surface area (Å²) in [5.41, 5.74) is 4.79. The Morgan fingerprint density at radius 2 is 1.81 bits per heavy atom. The summed E-state index contributed by atoms with van der Waals surface area (Å²) >= 11 is 0. The Hall–Kier alpha value is -2.88. The number of hydrogen-bond donors (Lipinski definition) is 0. The number of imidazole rings is 1. The van der Waals surface area contributed by atoms with Gasteiger partial charge in [-0.1, -0.05) is 62.4 Å². The van der Waals surface area contributed by atoms with E-state index in [0.717, 1.165) is 5.56 Å². The smallest absolute Gasteiger partial charge is 0.419 e. The first-order valence-corrected chi connectivity index (χ1v) is 9.30. The molecule has 1 heterocycles. The molecule has 2 aromatic carbocycles. The molecule has 3 rings (SSSR count). The van der Waals surface area contributed by atoms with E-state index in [0.29, 0.717) is 12.4 Å². The van der Waals surface area contributed by atoms with Gasteiger partial charge in [0.25, 0.3) is 0 Å². The van der Waals surface area contributed by atoms with Gasteiger partial charge in [0.1, 0.15) is 5.82 Å². The zero-order valence-electron chi connectivity index (χ0n) is 16.3. The molecule has 0 saturated carbocycles. The van der Waals surface area contributed by atoms with Crippen molar-refractivity contribution < 1.29 is 9.53 Å². The van der Waals surface area contributed by atoms with Crippen LogP contribution >= 0.6 is 0 Å². The van der Waals surface area contributed by atoms with E-state index in [1.165, 1.54) is 21.3 Å². The molecule has 0 saturated heterocycles. The van der Waals surface area contributed by atoms with Gasteiger partial charge in [-0.25, -0.2) is 14.3 Å². The quantitative estimate of drug-likeness (QED) is 0.607. The summed E-state index contributed by atoms with van der Waals surface area (Å²) in [6.45, 7) is 8.65. The summed E-state index contributed by atoms with van der Waals surface area (Å²) < 4.78 is 7.09. The Kier molecular flexibility index (Phi) is 5.75. The average Bonchev–Trinajstić information content (AvgIpc) is 3.18. The van der Waals surface area contributed by atoms with Crippen molar-refractivity contribution in [1.29, 1.82) is 0 Å². The first-order chi connectivity index (χ1) is 13.0. The molecule has 0 fully saturated rings. The molecule has 0 amide bonds. The van der Waals surface area contributed by atoms with Crippen LogP contribution < -0.4 is 0 Å². The van der Waals surface area contributed by atoms with Gasteiger partial charge < -0.3 is 4.74 Å². The summed E-state index contributed by atoms with van der Waals surface area (Å²) in [4.78, 5) is 17.1. The lowest BCUT2D eigenvalue weighted by Gasteiger charge is -2.18. The van der Waals surface area contributed by atoms with Crippen molar-refractivity contribution in [2.24, 2.45) is 0 Å². The van der Waals surface area contributed by atoms with Crippen LogP contribution in [0.3, 0.4) is 0 Å². The molecular formula is C23H26N2O2. The van der Waals surface area contributed by atoms with Gasteiger partial charge in [-0.05, 0) is 36.1 Å². The van der Waals surface area contributed by atoms with E-state index in [2.05, 4.69) is 44.8 Å². The number of rotatable bonds is 5. The predicted molar refractivity (Wildman–Crippen MR) is 107 cm³/mol. The van der Waals surface area contributed by atoms with E-state index in [4.69, 9.17) is 4.74 Å². The van der Waals surface area contributed by atoms with Crippen LogP contribution in [0, 0.1) is 13.8 Å². The predicted octanol–water partition coefficient (Wildman–Crippen LogP) is 5.44. The Morgan fingerprint density at radius 3 is 2.56 bits per heavy atom. The van der Waals surface area contributed by atoms with Gasteiger partial charge in [-0.2, -0.15) is 0 Å². The van der Waals surface area contributed by atoms with Crippen LogP contribution in [-0.4, -0.2) is 22.3 Å². The lowest BCUT2D eigenvalue weighted by molar-refractivity contribution is 0.141. The molecule has 0 aliphatic rings. The van der Waals surface area contributed by atoms with Crippen LogP contribution in [-0.2, 0) is 4.74 Å². The van der Waals surface area contributed by atoms with Crippen LogP contribution in [0.5, 0.6) is 0 Å². The van der Waals surface area contributed by atoms with Crippen molar-refractivity contribution in [2.45, 2.75) is 39.5 Å². The molecule has 0 N–H and O–H groups in total. The number of nitrogens with zero attached hydrogens (tertiary/aromatic N) is 2. The highest BCUT2D eigenvalue weighted by atomic mass is 16.5. The van der Waals surface area contributed by atoms with Crippen LogP contribution in [0.15, 0.2) is 60.9 Å². The fourth-order valence-corrected chi connectivity index (χ4v) is 3.32. The second-order valence-corrected chi connectivity index (χ2v) is 7.05. The normalized spacial score (nSPS) is 13.2. The molecule has 4 nitrogen and oxygen atoms in total. The van der Waals surface area contributed by atoms with Gasteiger partial charge in [0.05, 0.1) is 6.61 Å². The lowest BCUT2D eigenvalue weighted by atomic mass is 9.93. The van der Waals surface area contributed by atoms with E-state index < -0.39 is 0 Å². The third-order valence-electron chi connectivity index (χ3n) is 5.19. The molecule has 27 heavy (non-hydrogen) atoms. The molecule has 0 aliphatic heterocycles. The van der Waals surface area contributed by atoms with Gasteiger partial charge in [0.2, 0.25) is 0 Å². The molecule has 1 aromatic heterocycles. The highest BCUT2D eigenvalue weighted by molar-refractivity contribution is 5.71. The third kappa shape index (κ3) is 4.11. The maximum atomic E-state index is 12.7. The molecular weight excluding hydrogens is 336 g/mol. The molecule has 0 aliphatic carbocycles. The van der Waals surface area contributed by atoms with Crippen molar-refractivity contribution in [3.05, 3.63) is 89.0 Å². The first kappa shape index (κ1) is 18.9. The summed E-state index contributed by atoms with van der Waals surface area (Å²) in [5, 5.41) is 0. The number of ether oxygens (including phenoxy) is 1. The fourth-order valence-electron chi connectivity index (χ4n) is 3.32. The highest BCUT2D eigenvalue weighted by Gasteiger charge is 2.21. The number of aryl methyl sites for hydroxylation is 1. The second kappa shape index (κ2) is 8.21. The molecule has 140 valence electrons. The molecule has 0 spiro atoms. The van der Waals surface area contributed by atoms with Crippen molar-refractivity contribution in [3.63, 3.8) is 0 Å². The summed E-state index contributed by atoms with van der Waals surface area (Å²) in [7, 11) is 0. The van der Waals surface area contributed by atoms with Gasteiger partial charge in [-0.3, -0.25) is 0 Å². The molecule has 0 bridgehead atoms. The van der Waals surface area contributed by atoms with E-state index in [-0.39, 0.29) is 17.9 Å². The molecule has 0 unspecified atom stereocenters. The topological polar surface area (TPSA) is 44.1 Å². The monoisotopic (exact) mass is 362 g/mol. The van der Waals surface area contributed by atoms with E-state index in [9.17, 15) is 4.79 Å². The zero-order chi connectivity index (χ0) is 19.4. The van der Waals surface area contributed by atoms with Crippen molar-refractivity contribution in [2.75, 3.05) is 6.61 Å². The lowest BCUT2D eigenvalue weighted by Crippen LogP contribution is -2.20. The largest absolute Gasteiger partial charge is 0.448 e. The number of hydrogen-bond acceptors (Lipinski definition) is 3. The van der Waals surface area contributed by atoms with Gasteiger partial charge in [0.15, 0.2) is 0 Å². The van der Waals surface area contributed by atoms with Crippen LogP contribution in [0.1, 0.15) is 53.8 Å². The highest BCUT2D eigenvalue weighted by Crippen LogP contribution is 2.27. The van der Waals surface area contributed by atoms with Crippen LogP contribution in [0.4, 0.5) is 4.79 Å². The van der Waals surface area contributed by atoms with Gasteiger partial charge in [-0.15, -0.1) is 0 Å². The van der Waals surface area contributed by atoms with E-state index in [1.54, 1.807) is 12.4 Å². The Morgan fingerprint density at radius 1 is 1.07 bits per heavy atom. The summed E-state index contributed by atoms with van der Waals surface area (Å²) in [5.74, 6) is 0.832. The fraction of sp³-hybridized carbons (Fsp3) is 0.304. The summed E-state index contributed by atoms with van der Waals surface area (Å²) in [6, 6.07) is 16.3. The minimum Gasteiger partial charge on any atom is -0.448 e. The van der Waals surface area contributed by atoms with E-state index in [1.807, 2.05) is 36.4 Å². The third-order valence-corrected chi connectivity index (χ3v) is 5.19. The molecule has 0 radical (unpaired) electrons. The Labute approximate surface area is 160 Å². The van der Waals surface area contributed by atoms with Crippen molar-refractivity contribution >= 4 is 6.09 Å². The number of carbonyl (C=O) groups is 1. The zero-order valence-corrected chi connectivity index (χ0v) is 16.3. The number of carbonyl (C=O) groups excluding carboxylic acids is 1. The molecule has 2 atom stereocenters. The standard InChI is InChI=1S/C23H26N2O2/c1-16-9-8-12-21(18(16)3)19(4)22-24-13-14-25(22)23(26)27-15-17(2)20-10-6-5-7-11-20/h5-14,17,19H,15H2,1-4H3/t17-,19-/m0/s1. The minimum absolute atomic E-state index is 0.000929. The number of aromatic nitrogens is 2.